The molecule has 0 radical (unpaired) electrons. The molecule has 0 amide bonds. The minimum absolute atomic E-state index is 0.993. The summed E-state index contributed by atoms with van der Waals surface area (Å²) in [6, 6.07) is 8.65. The first-order valence-electron chi connectivity index (χ1n) is 6.83. The van der Waals surface area contributed by atoms with Crippen molar-refractivity contribution in [2.45, 2.75) is 20.8 Å². The van der Waals surface area contributed by atoms with Crippen LogP contribution in [-0.4, -0.2) is 10.8 Å². The molecule has 2 heterocycles. The second-order valence-electron chi connectivity index (χ2n) is 5.26. The summed E-state index contributed by atoms with van der Waals surface area (Å²) < 4.78 is 2.23. The van der Waals surface area contributed by atoms with Crippen LogP contribution >= 0.6 is 0 Å². The van der Waals surface area contributed by atoms with Crippen LogP contribution in [0.2, 0.25) is 0 Å². The maximum Gasteiger partial charge on any atom is 0.0651 e. The van der Waals surface area contributed by atoms with E-state index in [9.17, 15) is 0 Å². The van der Waals surface area contributed by atoms with E-state index in [0.29, 0.717) is 0 Å². The topological polar surface area (TPSA) is 17.3 Å². The number of rotatable bonds is 2. The van der Waals surface area contributed by atoms with Crippen molar-refractivity contribution in [3.05, 3.63) is 70.7 Å². The molecular weight excluding hydrogens is 244 g/mol. The molecule has 1 aromatic heterocycles. The molecule has 100 valence electrons. The van der Waals surface area contributed by atoms with E-state index in [4.69, 9.17) is 0 Å². The van der Waals surface area contributed by atoms with Crippen molar-refractivity contribution >= 4 is 12.3 Å². The summed E-state index contributed by atoms with van der Waals surface area (Å²) in [4.78, 5) is 4.32. The van der Waals surface area contributed by atoms with Crippen LogP contribution in [0.25, 0.3) is 11.8 Å². The summed E-state index contributed by atoms with van der Waals surface area (Å²) in [6.07, 6.45) is 10.0. The van der Waals surface area contributed by atoms with E-state index in [0.717, 1.165) is 11.4 Å². The average Bonchev–Trinajstić information content (AvgIpc) is 3.01. The number of benzene rings is 1. The zero-order valence-corrected chi connectivity index (χ0v) is 12.1. The molecule has 0 atom stereocenters. The first-order chi connectivity index (χ1) is 9.65. The van der Waals surface area contributed by atoms with Crippen molar-refractivity contribution in [3.8, 4) is 5.69 Å². The highest BCUT2D eigenvalue weighted by Gasteiger charge is 2.09. The van der Waals surface area contributed by atoms with E-state index in [-0.39, 0.29) is 0 Å². The standard InChI is InChI=1S/C18H18N2/c1-13-10-14(2)18(15(3)11-13)20-9-5-7-17(20)12-16-6-4-8-19-16/h4-12H,1-3H3/b16-12+. The van der Waals surface area contributed by atoms with Gasteiger partial charge in [-0.25, -0.2) is 0 Å². The van der Waals surface area contributed by atoms with Crippen LogP contribution in [0.3, 0.4) is 0 Å². The lowest BCUT2D eigenvalue weighted by atomic mass is 10.0. The molecule has 1 aromatic carbocycles. The van der Waals surface area contributed by atoms with Gasteiger partial charge in [-0.05, 0) is 62.3 Å². The average molecular weight is 262 g/mol. The molecule has 2 nitrogen and oxygen atoms in total. The molecule has 0 saturated carbocycles. The van der Waals surface area contributed by atoms with E-state index >= 15 is 0 Å². The van der Waals surface area contributed by atoms with Gasteiger partial charge in [-0.3, -0.25) is 4.99 Å². The molecule has 0 N–H and O–H groups in total. The fraction of sp³-hybridized carbons (Fsp3) is 0.167. The van der Waals surface area contributed by atoms with Crippen molar-refractivity contribution in [3.63, 3.8) is 0 Å². The fourth-order valence-corrected chi connectivity index (χ4v) is 2.82. The number of aryl methyl sites for hydroxylation is 3. The summed E-state index contributed by atoms with van der Waals surface area (Å²) in [5, 5.41) is 0. The Labute approximate surface area is 119 Å². The molecule has 0 aliphatic carbocycles. The molecule has 0 unspecified atom stereocenters. The van der Waals surface area contributed by atoms with Crippen molar-refractivity contribution in [2.24, 2.45) is 4.99 Å². The van der Waals surface area contributed by atoms with Gasteiger partial charge < -0.3 is 4.57 Å². The van der Waals surface area contributed by atoms with Crippen LogP contribution in [0.5, 0.6) is 0 Å². The van der Waals surface area contributed by atoms with Gasteiger partial charge in [0.2, 0.25) is 0 Å². The molecule has 0 saturated heterocycles. The Balaban J connectivity index is 2.13. The summed E-state index contributed by atoms with van der Waals surface area (Å²) >= 11 is 0. The molecule has 2 heteroatoms. The lowest BCUT2D eigenvalue weighted by molar-refractivity contribution is 1.02. The van der Waals surface area contributed by atoms with Gasteiger partial charge in [0.15, 0.2) is 0 Å². The van der Waals surface area contributed by atoms with Gasteiger partial charge in [0, 0.05) is 18.1 Å². The third-order valence-electron chi connectivity index (χ3n) is 3.53. The molecule has 0 fully saturated rings. The summed E-state index contributed by atoms with van der Waals surface area (Å²) in [5.74, 6) is 0. The van der Waals surface area contributed by atoms with Crippen LogP contribution in [-0.2, 0) is 0 Å². The third-order valence-corrected chi connectivity index (χ3v) is 3.53. The first kappa shape index (κ1) is 12.7. The molecule has 20 heavy (non-hydrogen) atoms. The number of allylic oxidation sites excluding steroid dienone is 2. The SMILES string of the molecule is Cc1cc(C)c(-n2cccc2/C=C2\C=CC=N2)c(C)c1. The molecule has 1 aliphatic rings. The number of aliphatic imine (C=N–C) groups is 1. The Hall–Kier alpha value is -2.35. The number of hydrogen-bond acceptors (Lipinski definition) is 1. The Morgan fingerprint density at radius 1 is 1.10 bits per heavy atom. The molecular formula is C18H18N2. The van der Waals surface area contributed by atoms with Gasteiger partial charge in [-0.2, -0.15) is 0 Å². The number of nitrogens with zero attached hydrogens (tertiary/aromatic N) is 2. The zero-order valence-electron chi connectivity index (χ0n) is 12.1. The summed E-state index contributed by atoms with van der Waals surface area (Å²) in [5.41, 5.74) is 7.30. The van der Waals surface area contributed by atoms with Gasteiger partial charge in [0.05, 0.1) is 11.4 Å². The Morgan fingerprint density at radius 2 is 1.85 bits per heavy atom. The Kier molecular flexibility index (Phi) is 3.15. The molecule has 0 spiro atoms. The lowest BCUT2D eigenvalue weighted by Crippen LogP contribution is -2.01. The highest BCUT2D eigenvalue weighted by molar-refractivity contribution is 5.79. The monoisotopic (exact) mass is 262 g/mol. The van der Waals surface area contributed by atoms with Gasteiger partial charge >= 0.3 is 0 Å². The minimum atomic E-state index is 0.993. The van der Waals surface area contributed by atoms with E-state index in [1.807, 2.05) is 18.4 Å². The summed E-state index contributed by atoms with van der Waals surface area (Å²) in [7, 11) is 0. The molecule has 2 aromatic rings. The van der Waals surface area contributed by atoms with Crippen LogP contribution in [0, 0.1) is 20.8 Å². The van der Waals surface area contributed by atoms with E-state index < -0.39 is 0 Å². The van der Waals surface area contributed by atoms with Crippen LogP contribution in [0.4, 0.5) is 0 Å². The molecule has 1 aliphatic heterocycles. The first-order valence-corrected chi connectivity index (χ1v) is 6.83. The van der Waals surface area contributed by atoms with E-state index in [1.165, 1.54) is 22.4 Å². The van der Waals surface area contributed by atoms with Crippen molar-refractivity contribution in [1.29, 1.82) is 0 Å². The lowest BCUT2D eigenvalue weighted by Gasteiger charge is -2.14. The largest absolute Gasteiger partial charge is 0.317 e. The smallest absolute Gasteiger partial charge is 0.0651 e. The predicted octanol–water partition coefficient (Wildman–Crippen LogP) is 4.38. The van der Waals surface area contributed by atoms with Crippen molar-refractivity contribution in [2.75, 3.05) is 0 Å². The summed E-state index contributed by atoms with van der Waals surface area (Å²) in [6.45, 7) is 6.47. The van der Waals surface area contributed by atoms with Crippen molar-refractivity contribution in [1.82, 2.24) is 4.57 Å². The van der Waals surface area contributed by atoms with Gasteiger partial charge in [-0.1, -0.05) is 17.7 Å². The van der Waals surface area contributed by atoms with Crippen LogP contribution < -0.4 is 0 Å². The molecule has 3 rings (SSSR count). The Morgan fingerprint density at radius 3 is 2.50 bits per heavy atom. The second kappa shape index (κ2) is 4.97. The maximum atomic E-state index is 4.32. The highest BCUT2D eigenvalue weighted by Crippen LogP contribution is 2.24. The highest BCUT2D eigenvalue weighted by atomic mass is 15.0. The fourth-order valence-electron chi connectivity index (χ4n) is 2.82. The van der Waals surface area contributed by atoms with E-state index in [1.54, 1.807) is 0 Å². The number of aromatic nitrogens is 1. The minimum Gasteiger partial charge on any atom is -0.317 e. The maximum absolute atomic E-state index is 4.32. The zero-order chi connectivity index (χ0) is 14.1. The van der Waals surface area contributed by atoms with E-state index in [2.05, 4.69) is 66.9 Å². The predicted molar refractivity (Wildman–Crippen MR) is 85.6 cm³/mol. The van der Waals surface area contributed by atoms with Gasteiger partial charge in [0.1, 0.15) is 0 Å². The van der Waals surface area contributed by atoms with Crippen molar-refractivity contribution < 1.29 is 0 Å². The quantitative estimate of drug-likeness (QED) is 0.764. The molecule has 0 bridgehead atoms. The normalized spacial score (nSPS) is 15.4. The van der Waals surface area contributed by atoms with Gasteiger partial charge in [-0.15, -0.1) is 0 Å². The second-order valence-corrected chi connectivity index (χ2v) is 5.26. The number of hydrogen-bond donors (Lipinski definition) is 0. The Bertz CT molecular complexity index is 706. The third kappa shape index (κ3) is 2.25. The van der Waals surface area contributed by atoms with Crippen LogP contribution in [0.15, 0.2) is 53.3 Å². The van der Waals surface area contributed by atoms with Gasteiger partial charge in [0.25, 0.3) is 0 Å². The van der Waals surface area contributed by atoms with Crippen LogP contribution in [0.1, 0.15) is 22.4 Å².